The lowest BCUT2D eigenvalue weighted by Gasteiger charge is -2.08. The van der Waals surface area contributed by atoms with Crippen molar-refractivity contribution >= 4 is 33.5 Å². The smallest absolute Gasteiger partial charge is 0.338 e. The first-order valence-corrected chi connectivity index (χ1v) is 16.7. The third kappa shape index (κ3) is 9.99. The number of carbonyl (C=O) groups is 2. The highest BCUT2D eigenvalue weighted by molar-refractivity contribution is 5.91. The Labute approximate surface area is 294 Å². The van der Waals surface area contributed by atoms with Crippen molar-refractivity contribution in [3.05, 3.63) is 143 Å². The van der Waals surface area contributed by atoms with E-state index < -0.39 is 5.97 Å². The van der Waals surface area contributed by atoms with E-state index in [1.807, 2.05) is 61.5 Å². The van der Waals surface area contributed by atoms with Crippen LogP contribution in [0.2, 0.25) is 0 Å². The maximum Gasteiger partial charge on any atom is 0.338 e. The maximum atomic E-state index is 11.8. The van der Waals surface area contributed by atoms with Gasteiger partial charge in [0.25, 0.3) is 0 Å². The van der Waals surface area contributed by atoms with Crippen LogP contribution in [0, 0.1) is 30.6 Å². The van der Waals surface area contributed by atoms with E-state index in [2.05, 4.69) is 67.2 Å². The molecule has 50 heavy (non-hydrogen) atoms. The van der Waals surface area contributed by atoms with Crippen LogP contribution < -0.4 is 9.47 Å². The topological polar surface area (TPSA) is 61.8 Å². The van der Waals surface area contributed by atoms with Gasteiger partial charge in [0.15, 0.2) is 0 Å². The van der Waals surface area contributed by atoms with Crippen molar-refractivity contribution in [1.29, 1.82) is 0 Å². The summed E-state index contributed by atoms with van der Waals surface area (Å²) in [5.41, 5.74) is 5.57. The molecular formula is C45H40O5. The number of rotatable bonds is 11. The van der Waals surface area contributed by atoms with Crippen LogP contribution in [-0.4, -0.2) is 25.2 Å². The fourth-order valence-electron chi connectivity index (χ4n) is 5.15. The van der Waals surface area contributed by atoms with E-state index in [4.69, 9.17) is 14.2 Å². The zero-order valence-electron chi connectivity index (χ0n) is 28.9. The van der Waals surface area contributed by atoms with E-state index in [1.165, 1.54) is 0 Å². The van der Waals surface area contributed by atoms with E-state index >= 15 is 0 Å². The molecule has 0 saturated carbocycles. The van der Waals surface area contributed by atoms with E-state index in [1.54, 1.807) is 19.9 Å². The molecule has 0 aliphatic rings. The van der Waals surface area contributed by atoms with Gasteiger partial charge >= 0.3 is 11.9 Å². The summed E-state index contributed by atoms with van der Waals surface area (Å²) in [4.78, 5) is 23.2. The number of hydrogen-bond acceptors (Lipinski definition) is 5. The Bertz CT molecular complexity index is 2220. The molecule has 5 rings (SSSR count). The van der Waals surface area contributed by atoms with Crippen LogP contribution in [0.15, 0.2) is 115 Å². The number of ether oxygens (including phenoxy) is 3. The minimum atomic E-state index is -0.438. The number of benzene rings is 5. The van der Waals surface area contributed by atoms with Gasteiger partial charge in [-0.15, -0.1) is 0 Å². The van der Waals surface area contributed by atoms with Crippen molar-refractivity contribution in [2.45, 2.75) is 46.5 Å². The Morgan fingerprint density at radius 1 is 0.560 bits per heavy atom. The Morgan fingerprint density at radius 2 is 1.06 bits per heavy atom. The lowest BCUT2D eigenvalue weighted by atomic mass is 10.0. The minimum absolute atomic E-state index is 0.324. The van der Waals surface area contributed by atoms with Gasteiger partial charge in [0.1, 0.15) is 11.5 Å². The highest BCUT2D eigenvalue weighted by Gasteiger charge is 2.07. The Balaban J connectivity index is 1.14. The summed E-state index contributed by atoms with van der Waals surface area (Å²) in [5, 5.41) is 4.18. The summed E-state index contributed by atoms with van der Waals surface area (Å²) in [6, 6.07) is 29.9. The van der Waals surface area contributed by atoms with Gasteiger partial charge in [0.2, 0.25) is 0 Å². The number of fused-ring (bicyclic) bond motifs is 2. The lowest BCUT2D eigenvalue weighted by molar-refractivity contribution is -0.139. The minimum Gasteiger partial charge on any atom is -0.494 e. The predicted octanol–water partition coefficient (Wildman–Crippen LogP) is 9.64. The molecule has 0 spiro atoms. The third-order valence-corrected chi connectivity index (χ3v) is 7.99. The average Bonchev–Trinajstić information content (AvgIpc) is 3.11. The molecule has 0 heterocycles. The van der Waals surface area contributed by atoms with Gasteiger partial charge in [0.05, 0.1) is 13.2 Å². The van der Waals surface area contributed by atoms with Gasteiger partial charge in [-0.3, -0.25) is 0 Å². The van der Waals surface area contributed by atoms with Crippen LogP contribution in [0.3, 0.4) is 0 Å². The summed E-state index contributed by atoms with van der Waals surface area (Å²) in [7, 11) is 0. The van der Waals surface area contributed by atoms with Crippen molar-refractivity contribution in [2.24, 2.45) is 0 Å². The van der Waals surface area contributed by atoms with Crippen LogP contribution in [0.5, 0.6) is 11.5 Å². The monoisotopic (exact) mass is 660 g/mol. The summed E-state index contributed by atoms with van der Waals surface area (Å²) in [5.74, 6) is 13.7. The fourth-order valence-corrected chi connectivity index (χ4v) is 5.15. The van der Waals surface area contributed by atoms with Crippen LogP contribution in [-0.2, 0) is 14.3 Å². The molecule has 0 saturated heterocycles. The van der Waals surface area contributed by atoms with E-state index in [0.717, 1.165) is 80.8 Å². The summed E-state index contributed by atoms with van der Waals surface area (Å²) < 4.78 is 16.4. The van der Waals surface area contributed by atoms with Gasteiger partial charge in [-0.05, 0) is 140 Å². The zero-order chi connectivity index (χ0) is 35.5. The molecule has 0 aliphatic carbocycles. The van der Waals surface area contributed by atoms with E-state index in [-0.39, 0.29) is 5.97 Å². The molecule has 5 aromatic rings. The van der Waals surface area contributed by atoms with Gasteiger partial charge in [-0.25, -0.2) is 9.59 Å². The first-order chi connectivity index (χ1) is 24.1. The highest BCUT2D eigenvalue weighted by Crippen LogP contribution is 2.24. The predicted molar refractivity (Wildman–Crippen MR) is 201 cm³/mol. The molecule has 250 valence electrons. The van der Waals surface area contributed by atoms with Crippen LogP contribution in [0.25, 0.3) is 21.5 Å². The fraction of sp³-hybridized carbons (Fsp3) is 0.200. The number of aryl methyl sites for hydroxylation is 1. The molecule has 0 unspecified atom stereocenters. The van der Waals surface area contributed by atoms with Gasteiger partial charge in [0, 0.05) is 33.4 Å². The molecule has 0 N–H and O–H groups in total. The molecular weight excluding hydrogens is 620 g/mol. The molecule has 5 aromatic carbocycles. The second-order valence-corrected chi connectivity index (χ2v) is 12.3. The standard InChI is InChI=1S/C45H40O5/c1-31(2)44(46)49-25-9-7-6-8-24-48-42-22-20-38-28-36(15-18-40(38)29-42)13-17-37-16-12-34(26-33(37)5)10-11-35-14-19-41-30-43(23-21-39(41)27-35)50-45(47)32(3)4/h12,14-16,18-23,26-30H,1,3,6-9,24-25H2,2,4-5H3. The van der Waals surface area contributed by atoms with Crippen molar-refractivity contribution in [3.63, 3.8) is 0 Å². The zero-order valence-corrected chi connectivity index (χ0v) is 28.9. The number of esters is 2. The quantitative estimate of drug-likeness (QED) is 0.0464. The normalized spacial score (nSPS) is 10.4. The Hall–Kier alpha value is -6.04. The Kier molecular flexibility index (Phi) is 11.9. The molecule has 0 aromatic heterocycles. The van der Waals surface area contributed by atoms with E-state index in [0.29, 0.717) is 30.1 Å². The van der Waals surface area contributed by atoms with E-state index in [9.17, 15) is 9.59 Å². The molecule has 5 heteroatoms. The van der Waals surface area contributed by atoms with Crippen molar-refractivity contribution in [3.8, 4) is 35.2 Å². The summed E-state index contributed by atoms with van der Waals surface area (Å²) in [6.07, 6.45) is 3.79. The maximum absolute atomic E-state index is 11.8. The van der Waals surface area contributed by atoms with Gasteiger partial charge in [-0.1, -0.05) is 61.1 Å². The van der Waals surface area contributed by atoms with Crippen molar-refractivity contribution in [1.82, 2.24) is 0 Å². The molecule has 0 fully saturated rings. The average molecular weight is 661 g/mol. The number of carbonyl (C=O) groups excluding carboxylic acids is 2. The highest BCUT2D eigenvalue weighted by atomic mass is 16.5. The van der Waals surface area contributed by atoms with Gasteiger partial charge < -0.3 is 14.2 Å². The van der Waals surface area contributed by atoms with Crippen molar-refractivity contribution in [2.75, 3.05) is 13.2 Å². The first-order valence-electron chi connectivity index (χ1n) is 16.7. The second-order valence-electron chi connectivity index (χ2n) is 12.3. The lowest BCUT2D eigenvalue weighted by Crippen LogP contribution is -2.07. The van der Waals surface area contributed by atoms with Crippen molar-refractivity contribution < 1.29 is 23.8 Å². The molecule has 0 aliphatic heterocycles. The molecule has 0 amide bonds. The number of hydrogen-bond donors (Lipinski definition) is 0. The first kappa shape index (κ1) is 35.3. The molecule has 5 nitrogen and oxygen atoms in total. The molecule has 0 atom stereocenters. The number of unbranched alkanes of at least 4 members (excludes halogenated alkanes) is 3. The Morgan fingerprint density at radius 3 is 1.68 bits per heavy atom. The second kappa shape index (κ2) is 16.9. The SMILES string of the molecule is C=C(C)C(=O)OCCCCCCOc1ccc2cc(C#Cc3ccc(C#Cc4ccc5cc(OC(=O)C(=C)C)ccc5c4)cc3C)ccc2c1. The third-order valence-electron chi connectivity index (χ3n) is 7.99. The molecule has 0 radical (unpaired) electrons. The van der Waals surface area contributed by atoms with Crippen LogP contribution in [0.4, 0.5) is 0 Å². The van der Waals surface area contributed by atoms with Crippen LogP contribution >= 0.6 is 0 Å². The van der Waals surface area contributed by atoms with Crippen LogP contribution in [0.1, 0.15) is 67.3 Å². The largest absolute Gasteiger partial charge is 0.494 e. The van der Waals surface area contributed by atoms with Gasteiger partial charge in [-0.2, -0.15) is 0 Å². The summed E-state index contributed by atoms with van der Waals surface area (Å²) >= 11 is 0. The summed E-state index contributed by atoms with van der Waals surface area (Å²) in [6.45, 7) is 13.6. The molecule has 0 bridgehead atoms.